The Morgan fingerprint density at radius 2 is 1.20 bits per heavy atom. The van der Waals surface area contributed by atoms with E-state index in [4.69, 9.17) is 0 Å². The molecular formula is C32H25N3O4S. The Balaban J connectivity index is 1.27. The van der Waals surface area contributed by atoms with Gasteiger partial charge in [0.25, 0.3) is 10.0 Å². The largest absolute Gasteiger partial charge is 0.377 e. The van der Waals surface area contributed by atoms with Gasteiger partial charge >= 0.3 is 0 Å². The van der Waals surface area contributed by atoms with E-state index in [1.165, 1.54) is 0 Å². The Morgan fingerprint density at radius 1 is 0.600 bits per heavy atom. The summed E-state index contributed by atoms with van der Waals surface area (Å²) in [4.78, 5) is 28.5. The molecule has 5 aromatic rings. The van der Waals surface area contributed by atoms with Crippen LogP contribution >= 0.6 is 0 Å². The smallest absolute Gasteiger partial charge is 0.262 e. The van der Waals surface area contributed by atoms with Crippen LogP contribution in [0.25, 0.3) is 10.8 Å². The number of hydrogen-bond donors (Lipinski definition) is 2. The molecule has 0 saturated carbocycles. The molecule has 0 atom stereocenters. The van der Waals surface area contributed by atoms with Crippen LogP contribution in [-0.2, 0) is 10.0 Å². The summed E-state index contributed by atoms with van der Waals surface area (Å²) in [5.41, 5.74) is 3.92. The second-order valence-electron chi connectivity index (χ2n) is 9.76. The lowest BCUT2D eigenvalue weighted by molar-refractivity contribution is 0.0979. The lowest BCUT2D eigenvalue weighted by Gasteiger charge is -2.21. The fourth-order valence-electron chi connectivity index (χ4n) is 5.13. The van der Waals surface area contributed by atoms with Gasteiger partial charge in [0.05, 0.1) is 16.1 Å². The second-order valence-corrected chi connectivity index (χ2v) is 11.4. The van der Waals surface area contributed by atoms with Crippen molar-refractivity contribution >= 4 is 55.1 Å². The third-order valence-electron chi connectivity index (χ3n) is 7.00. The van der Waals surface area contributed by atoms with Crippen molar-refractivity contribution in [2.45, 2.75) is 4.90 Å². The molecule has 0 heterocycles. The second kappa shape index (κ2) is 9.66. The van der Waals surface area contributed by atoms with Gasteiger partial charge < -0.3 is 10.2 Å². The van der Waals surface area contributed by atoms with Gasteiger partial charge in [0.15, 0.2) is 11.6 Å². The molecule has 198 valence electrons. The van der Waals surface area contributed by atoms with Crippen molar-refractivity contribution in [3.05, 3.63) is 125 Å². The van der Waals surface area contributed by atoms with Crippen molar-refractivity contribution in [3.63, 3.8) is 0 Å². The number of sulfonamides is 1. The van der Waals surface area contributed by atoms with Gasteiger partial charge in [-0.25, -0.2) is 8.42 Å². The molecule has 0 saturated heterocycles. The van der Waals surface area contributed by atoms with Gasteiger partial charge in [-0.05, 0) is 42.5 Å². The summed E-state index contributed by atoms with van der Waals surface area (Å²) >= 11 is 0. The molecule has 0 unspecified atom stereocenters. The molecule has 0 radical (unpaired) electrons. The Bertz CT molecular complexity index is 1930. The minimum Gasteiger partial charge on any atom is -0.377 e. The quantitative estimate of drug-likeness (QED) is 0.257. The molecule has 0 bridgehead atoms. The Hall–Kier alpha value is -4.95. The average molecular weight is 548 g/mol. The maximum absolute atomic E-state index is 13.4. The maximum atomic E-state index is 13.4. The summed E-state index contributed by atoms with van der Waals surface area (Å²) < 4.78 is 29.5. The van der Waals surface area contributed by atoms with Crippen LogP contribution in [0.1, 0.15) is 31.8 Å². The number of carbonyl (C=O) groups excluding carboxylic acids is 2. The first-order chi connectivity index (χ1) is 19.2. The standard InChI is InChI=1S/C32H25N3O4S/c1-35(2)28-14-6-11-23-22(28)10-7-15-29(23)40(38,39)34-21-18-16-20(17-19-21)33-27-13-5-12-26-30(27)32(37)25-9-4-3-8-24(25)31(26)36/h3-19,33-34H,1-2H3. The average Bonchev–Trinajstić information content (AvgIpc) is 2.96. The predicted molar refractivity (Wildman–Crippen MR) is 159 cm³/mol. The van der Waals surface area contributed by atoms with Gasteiger partial charge in [0, 0.05) is 58.6 Å². The highest BCUT2D eigenvalue weighted by Gasteiger charge is 2.31. The third-order valence-corrected chi connectivity index (χ3v) is 8.44. The lowest BCUT2D eigenvalue weighted by Crippen LogP contribution is -2.22. The molecule has 6 rings (SSSR count). The number of nitrogens with one attached hydrogen (secondary N) is 2. The minimum atomic E-state index is -3.88. The zero-order valence-corrected chi connectivity index (χ0v) is 22.6. The number of fused-ring (bicyclic) bond motifs is 3. The highest BCUT2D eigenvalue weighted by molar-refractivity contribution is 7.93. The van der Waals surface area contributed by atoms with E-state index in [1.807, 2.05) is 37.2 Å². The normalized spacial score (nSPS) is 12.6. The highest BCUT2D eigenvalue weighted by Crippen LogP contribution is 2.34. The molecule has 1 aliphatic carbocycles. The van der Waals surface area contributed by atoms with Crippen LogP contribution in [0.15, 0.2) is 108 Å². The Labute approximate surface area is 232 Å². The third kappa shape index (κ3) is 4.28. The summed E-state index contributed by atoms with van der Waals surface area (Å²) in [5.74, 6) is -0.407. The predicted octanol–water partition coefficient (Wildman–Crippen LogP) is 6.23. The van der Waals surface area contributed by atoms with Gasteiger partial charge in [-0.2, -0.15) is 0 Å². The van der Waals surface area contributed by atoms with Crippen LogP contribution < -0.4 is 14.9 Å². The summed E-state index contributed by atoms with van der Waals surface area (Å²) in [7, 11) is -0.0424. The molecule has 0 amide bonds. The summed E-state index contributed by atoms with van der Waals surface area (Å²) in [6, 6.07) is 29.5. The number of benzene rings is 5. The molecule has 0 fully saturated rings. The molecule has 0 aromatic heterocycles. The fourth-order valence-corrected chi connectivity index (χ4v) is 6.41. The highest BCUT2D eigenvalue weighted by atomic mass is 32.2. The first-order valence-electron chi connectivity index (χ1n) is 12.6. The summed E-state index contributed by atoms with van der Waals surface area (Å²) in [5, 5.41) is 4.70. The van der Waals surface area contributed by atoms with E-state index in [-0.39, 0.29) is 16.5 Å². The number of hydrogen-bond acceptors (Lipinski definition) is 6. The van der Waals surface area contributed by atoms with Crippen molar-refractivity contribution in [1.29, 1.82) is 0 Å². The topological polar surface area (TPSA) is 95.6 Å². The van der Waals surface area contributed by atoms with E-state index in [0.717, 1.165) is 11.1 Å². The van der Waals surface area contributed by atoms with Gasteiger partial charge in [0.2, 0.25) is 0 Å². The van der Waals surface area contributed by atoms with Gasteiger partial charge in [-0.3, -0.25) is 14.3 Å². The van der Waals surface area contributed by atoms with E-state index >= 15 is 0 Å². The van der Waals surface area contributed by atoms with Crippen molar-refractivity contribution in [2.24, 2.45) is 0 Å². The molecule has 0 aliphatic heterocycles. The number of ketones is 2. The molecule has 1 aliphatic rings. The molecule has 5 aromatic carbocycles. The van der Waals surface area contributed by atoms with E-state index in [1.54, 1.807) is 84.9 Å². The van der Waals surface area contributed by atoms with E-state index in [0.29, 0.717) is 44.7 Å². The van der Waals surface area contributed by atoms with Gasteiger partial charge in [0.1, 0.15) is 0 Å². The van der Waals surface area contributed by atoms with Crippen molar-refractivity contribution in [2.75, 3.05) is 29.0 Å². The number of carbonyl (C=O) groups is 2. The first kappa shape index (κ1) is 25.3. The van der Waals surface area contributed by atoms with Crippen LogP contribution in [0.2, 0.25) is 0 Å². The van der Waals surface area contributed by atoms with Crippen LogP contribution in [0.3, 0.4) is 0 Å². The van der Waals surface area contributed by atoms with Crippen LogP contribution in [0.5, 0.6) is 0 Å². The van der Waals surface area contributed by atoms with E-state index in [9.17, 15) is 18.0 Å². The minimum absolute atomic E-state index is 0.190. The Kier molecular flexibility index (Phi) is 6.12. The van der Waals surface area contributed by atoms with Gasteiger partial charge in [-0.1, -0.05) is 60.7 Å². The van der Waals surface area contributed by atoms with Crippen LogP contribution in [0.4, 0.5) is 22.7 Å². The van der Waals surface area contributed by atoms with Crippen LogP contribution in [0, 0.1) is 0 Å². The zero-order chi connectivity index (χ0) is 28.0. The zero-order valence-electron chi connectivity index (χ0n) is 21.8. The fraction of sp³-hybridized carbons (Fsp3) is 0.0625. The lowest BCUT2D eigenvalue weighted by atomic mass is 9.83. The monoisotopic (exact) mass is 547 g/mol. The molecule has 7 nitrogen and oxygen atoms in total. The van der Waals surface area contributed by atoms with Crippen molar-refractivity contribution in [1.82, 2.24) is 0 Å². The maximum Gasteiger partial charge on any atom is 0.262 e. The van der Waals surface area contributed by atoms with Gasteiger partial charge in [-0.15, -0.1) is 0 Å². The first-order valence-corrected chi connectivity index (χ1v) is 14.1. The number of rotatable bonds is 6. The van der Waals surface area contributed by atoms with Crippen LogP contribution in [-0.4, -0.2) is 34.1 Å². The Morgan fingerprint density at radius 3 is 1.93 bits per heavy atom. The molecular weight excluding hydrogens is 522 g/mol. The SMILES string of the molecule is CN(C)c1cccc2c(S(=O)(=O)Nc3ccc(Nc4cccc5c4C(=O)c4ccccc4C5=O)cc3)cccc12. The molecule has 8 heteroatoms. The van der Waals surface area contributed by atoms with Crippen molar-refractivity contribution < 1.29 is 18.0 Å². The summed E-state index contributed by atoms with van der Waals surface area (Å²) in [6.07, 6.45) is 0. The number of anilines is 4. The molecule has 0 spiro atoms. The van der Waals surface area contributed by atoms with E-state index < -0.39 is 10.0 Å². The van der Waals surface area contributed by atoms with E-state index in [2.05, 4.69) is 10.0 Å². The van der Waals surface area contributed by atoms with Crippen molar-refractivity contribution in [3.8, 4) is 0 Å². The molecule has 2 N–H and O–H groups in total. The molecule has 40 heavy (non-hydrogen) atoms. The number of nitrogens with zero attached hydrogens (tertiary/aromatic N) is 1. The summed E-state index contributed by atoms with van der Waals surface area (Å²) in [6.45, 7) is 0.